The van der Waals surface area contributed by atoms with Crippen LogP contribution in [0.5, 0.6) is 0 Å². The number of amides is 1. The fourth-order valence-corrected chi connectivity index (χ4v) is 4.46. The van der Waals surface area contributed by atoms with Crippen molar-refractivity contribution in [1.29, 1.82) is 0 Å². The fourth-order valence-electron chi connectivity index (χ4n) is 3.84. The third kappa shape index (κ3) is 4.01. The van der Waals surface area contributed by atoms with E-state index < -0.39 is 24.3 Å². The van der Waals surface area contributed by atoms with Gasteiger partial charge in [-0.05, 0) is 41.0 Å². The Morgan fingerprint density at radius 1 is 0.833 bits per heavy atom. The summed E-state index contributed by atoms with van der Waals surface area (Å²) in [5.74, 6) is 0. The van der Waals surface area contributed by atoms with Gasteiger partial charge < -0.3 is 9.84 Å². The van der Waals surface area contributed by atoms with E-state index in [-0.39, 0.29) is 0 Å². The smallest absolute Gasteiger partial charge is 0.408 e. The summed E-state index contributed by atoms with van der Waals surface area (Å²) in [6.45, 7) is 0.303. The molecule has 0 spiro atoms. The van der Waals surface area contributed by atoms with Crippen LogP contribution in [0.25, 0.3) is 0 Å². The second-order valence-electron chi connectivity index (χ2n) is 7.02. The highest BCUT2D eigenvalue weighted by Gasteiger charge is 2.54. The number of hydrogen-bond acceptors (Lipinski definition) is 2. The van der Waals surface area contributed by atoms with Crippen molar-refractivity contribution in [2.45, 2.75) is 24.8 Å². The number of hydrogen-bond donors (Lipinski definition) is 1. The number of halogens is 3. The van der Waals surface area contributed by atoms with Gasteiger partial charge in [-0.1, -0.05) is 83.3 Å². The Labute approximate surface area is 189 Å². The molecule has 0 aliphatic carbocycles. The molecule has 0 radical (unpaired) electrons. The number of ether oxygens (including phenoxy) is 1. The molecular formula is C23H18Cl3NO3. The molecule has 1 amide bonds. The van der Waals surface area contributed by atoms with E-state index in [1.54, 1.807) is 24.3 Å². The normalized spacial score (nSPS) is 20.6. The van der Waals surface area contributed by atoms with Crippen LogP contribution in [0.3, 0.4) is 0 Å². The van der Waals surface area contributed by atoms with Crippen LogP contribution in [0, 0.1) is 0 Å². The number of benzene rings is 3. The quantitative estimate of drug-likeness (QED) is 0.444. The van der Waals surface area contributed by atoms with Gasteiger partial charge in [0.15, 0.2) is 0 Å². The summed E-state index contributed by atoms with van der Waals surface area (Å²) in [5, 5.41) is 11.6. The van der Waals surface area contributed by atoms with Crippen LogP contribution in [-0.4, -0.2) is 22.2 Å². The summed E-state index contributed by atoms with van der Waals surface area (Å²) in [7, 11) is 0. The average Bonchev–Trinajstić information content (AvgIpc) is 2.71. The molecule has 1 N–H and O–H groups in total. The number of carbonyl (C=O) groups is 1. The summed E-state index contributed by atoms with van der Waals surface area (Å²) in [4.78, 5) is 13.6. The van der Waals surface area contributed by atoms with Crippen LogP contribution < -0.4 is 0 Å². The molecule has 1 aliphatic heterocycles. The molecule has 4 nitrogen and oxygen atoms in total. The molecule has 30 heavy (non-hydrogen) atoms. The number of carboxylic acid groups (broad SMARTS) is 1. The molecule has 2 unspecified atom stereocenters. The van der Waals surface area contributed by atoms with Crippen molar-refractivity contribution in [2.75, 3.05) is 0 Å². The first-order chi connectivity index (χ1) is 14.5. The van der Waals surface area contributed by atoms with Crippen molar-refractivity contribution in [3.05, 3.63) is 105 Å². The SMILES string of the molecule is O=C(O)N1C(c2ccccc2Cl)C(OCc2ccc(Cl)cc2)C1c1ccccc1Cl. The minimum absolute atomic E-state index is 0.303. The predicted molar refractivity (Wildman–Crippen MR) is 118 cm³/mol. The van der Waals surface area contributed by atoms with E-state index in [2.05, 4.69) is 0 Å². The van der Waals surface area contributed by atoms with Crippen LogP contribution in [-0.2, 0) is 11.3 Å². The van der Waals surface area contributed by atoms with Crippen molar-refractivity contribution in [1.82, 2.24) is 4.90 Å². The Morgan fingerprint density at radius 2 is 1.33 bits per heavy atom. The zero-order chi connectivity index (χ0) is 21.3. The molecule has 0 bridgehead atoms. The van der Waals surface area contributed by atoms with E-state index in [1.165, 1.54) is 4.90 Å². The molecule has 154 valence electrons. The number of rotatable bonds is 5. The van der Waals surface area contributed by atoms with Gasteiger partial charge in [-0.25, -0.2) is 4.79 Å². The van der Waals surface area contributed by atoms with E-state index in [9.17, 15) is 9.90 Å². The van der Waals surface area contributed by atoms with Crippen LogP contribution in [0.15, 0.2) is 72.8 Å². The van der Waals surface area contributed by atoms with Gasteiger partial charge in [0.2, 0.25) is 0 Å². The van der Waals surface area contributed by atoms with Gasteiger partial charge in [-0.2, -0.15) is 0 Å². The molecule has 2 atom stereocenters. The van der Waals surface area contributed by atoms with Gasteiger partial charge in [0.1, 0.15) is 6.10 Å². The molecule has 1 fully saturated rings. The zero-order valence-electron chi connectivity index (χ0n) is 15.7. The van der Waals surface area contributed by atoms with Gasteiger partial charge >= 0.3 is 6.09 Å². The standard InChI is InChI=1S/C23H18Cl3NO3/c24-15-11-9-14(10-12-15)13-30-22-20(16-5-1-3-7-18(16)25)27(23(28)29)21(22)17-6-2-4-8-19(17)26/h1-12,20-22H,13H2,(H,28,29). The highest BCUT2D eigenvalue weighted by atomic mass is 35.5. The van der Waals surface area contributed by atoms with Crippen molar-refractivity contribution in [3.63, 3.8) is 0 Å². The van der Waals surface area contributed by atoms with Gasteiger partial charge in [0, 0.05) is 15.1 Å². The number of nitrogens with zero attached hydrogens (tertiary/aromatic N) is 1. The summed E-state index contributed by atoms with van der Waals surface area (Å²) in [6, 6.07) is 20.7. The predicted octanol–water partition coefficient (Wildman–Crippen LogP) is 7.01. The summed E-state index contributed by atoms with van der Waals surface area (Å²) >= 11 is 18.8. The van der Waals surface area contributed by atoms with Gasteiger partial charge in [-0.3, -0.25) is 4.90 Å². The van der Waals surface area contributed by atoms with E-state index in [4.69, 9.17) is 39.5 Å². The second kappa shape index (κ2) is 8.86. The van der Waals surface area contributed by atoms with Gasteiger partial charge in [-0.15, -0.1) is 0 Å². The molecule has 3 aromatic carbocycles. The van der Waals surface area contributed by atoms with Crippen LogP contribution in [0.4, 0.5) is 4.79 Å². The van der Waals surface area contributed by atoms with E-state index in [0.29, 0.717) is 32.8 Å². The monoisotopic (exact) mass is 461 g/mol. The van der Waals surface area contributed by atoms with Crippen molar-refractivity contribution < 1.29 is 14.6 Å². The van der Waals surface area contributed by atoms with Crippen LogP contribution in [0.1, 0.15) is 28.8 Å². The molecule has 1 saturated heterocycles. The van der Waals surface area contributed by atoms with Gasteiger partial charge in [0.25, 0.3) is 0 Å². The molecule has 0 aromatic heterocycles. The minimum atomic E-state index is -1.06. The van der Waals surface area contributed by atoms with Crippen LogP contribution in [0.2, 0.25) is 15.1 Å². The van der Waals surface area contributed by atoms with E-state index in [1.807, 2.05) is 48.5 Å². The lowest BCUT2D eigenvalue weighted by Gasteiger charge is -2.53. The molecule has 0 saturated carbocycles. The largest absolute Gasteiger partial charge is 0.465 e. The third-order valence-corrected chi connectivity index (χ3v) is 6.19. The lowest BCUT2D eigenvalue weighted by molar-refractivity contribution is -0.146. The highest BCUT2D eigenvalue weighted by Crippen LogP contribution is 2.52. The Kier molecular flexibility index (Phi) is 6.21. The highest BCUT2D eigenvalue weighted by molar-refractivity contribution is 6.32. The summed E-state index contributed by atoms with van der Waals surface area (Å²) in [6.07, 6.45) is -1.52. The van der Waals surface area contributed by atoms with E-state index in [0.717, 1.165) is 5.56 Å². The molecular weight excluding hydrogens is 445 g/mol. The van der Waals surface area contributed by atoms with Crippen molar-refractivity contribution >= 4 is 40.9 Å². The molecule has 4 rings (SSSR count). The van der Waals surface area contributed by atoms with E-state index >= 15 is 0 Å². The zero-order valence-corrected chi connectivity index (χ0v) is 18.0. The van der Waals surface area contributed by atoms with Crippen molar-refractivity contribution in [3.8, 4) is 0 Å². The van der Waals surface area contributed by atoms with Crippen molar-refractivity contribution in [2.24, 2.45) is 0 Å². The summed E-state index contributed by atoms with van der Waals surface area (Å²) < 4.78 is 6.26. The topological polar surface area (TPSA) is 49.8 Å². The molecule has 7 heteroatoms. The lowest BCUT2D eigenvalue weighted by Crippen LogP contribution is -2.59. The Bertz CT molecular complexity index is 1000. The molecule has 3 aromatic rings. The molecule has 1 aliphatic rings. The Balaban J connectivity index is 1.71. The first-order valence-electron chi connectivity index (χ1n) is 9.33. The van der Waals surface area contributed by atoms with Gasteiger partial charge in [0.05, 0.1) is 18.7 Å². The maximum atomic E-state index is 12.2. The first-order valence-corrected chi connectivity index (χ1v) is 10.5. The Hall–Kier alpha value is -2.24. The van der Waals surface area contributed by atoms with Crippen LogP contribution >= 0.6 is 34.8 Å². The average molecular weight is 463 g/mol. The molecule has 1 heterocycles. The Morgan fingerprint density at radius 3 is 1.80 bits per heavy atom. The maximum absolute atomic E-state index is 12.2. The first kappa shape index (κ1) is 21.0. The second-order valence-corrected chi connectivity index (χ2v) is 8.28. The maximum Gasteiger partial charge on any atom is 0.408 e. The summed E-state index contributed by atoms with van der Waals surface area (Å²) in [5.41, 5.74) is 2.33. The minimum Gasteiger partial charge on any atom is -0.465 e. The lowest BCUT2D eigenvalue weighted by atomic mass is 9.80. The fraction of sp³-hybridized carbons (Fsp3) is 0.174. The third-order valence-electron chi connectivity index (χ3n) is 5.25. The number of likely N-dealkylation sites (tertiary alicyclic amines) is 1.